The van der Waals surface area contributed by atoms with Crippen LogP contribution in [-0.4, -0.2) is 27.7 Å². The molecule has 0 fully saturated rings. The number of benzene rings is 1. The van der Waals surface area contributed by atoms with Gasteiger partial charge in [-0.1, -0.05) is 18.2 Å². The van der Waals surface area contributed by atoms with Crippen molar-refractivity contribution in [3.8, 4) is 5.75 Å². The Morgan fingerprint density at radius 3 is 2.83 bits per heavy atom. The summed E-state index contributed by atoms with van der Waals surface area (Å²) in [5.74, 6) is -0.207. The van der Waals surface area contributed by atoms with Gasteiger partial charge in [0.2, 0.25) is 5.95 Å². The number of methoxy groups -OCH3 is 1. The van der Waals surface area contributed by atoms with Gasteiger partial charge in [0.05, 0.1) is 13.7 Å². The molecule has 0 unspecified atom stereocenters. The van der Waals surface area contributed by atoms with Gasteiger partial charge in [0.15, 0.2) is 5.69 Å². The lowest BCUT2D eigenvalue weighted by atomic mass is 10.2. The van der Waals surface area contributed by atoms with Crippen LogP contribution in [0.3, 0.4) is 0 Å². The van der Waals surface area contributed by atoms with E-state index in [-0.39, 0.29) is 11.6 Å². The number of para-hydroxylation sites is 1. The number of aromatic nitrogens is 2. The third kappa shape index (κ3) is 2.27. The molecule has 0 aliphatic carbocycles. The van der Waals surface area contributed by atoms with Gasteiger partial charge in [-0.2, -0.15) is 0 Å². The summed E-state index contributed by atoms with van der Waals surface area (Å²) in [6, 6.07) is 7.46. The molecule has 3 N–H and O–H groups in total. The maximum atomic E-state index is 10.8. The Morgan fingerprint density at radius 1 is 1.50 bits per heavy atom. The second-order valence-electron chi connectivity index (χ2n) is 3.73. The number of anilines is 1. The number of carboxylic acid groups (broad SMARTS) is 1. The molecule has 0 radical (unpaired) electrons. The number of nitrogens with two attached hydrogens (primary N) is 1. The molecule has 1 heterocycles. The van der Waals surface area contributed by atoms with E-state index in [2.05, 4.69) is 4.98 Å². The summed E-state index contributed by atoms with van der Waals surface area (Å²) in [6.45, 7) is 0.413. The van der Waals surface area contributed by atoms with Crippen molar-refractivity contribution in [3.63, 3.8) is 0 Å². The van der Waals surface area contributed by atoms with E-state index in [0.29, 0.717) is 6.54 Å². The highest BCUT2D eigenvalue weighted by molar-refractivity contribution is 5.85. The minimum absolute atomic E-state index is 0.0672. The average molecular weight is 247 g/mol. The average Bonchev–Trinajstić information content (AvgIpc) is 2.72. The fourth-order valence-corrected chi connectivity index (χ4v) is 1.68. The zero-order valence-electron chi connectivity index (χ0n) is 9.83. The van der Waals surface area contributed by atoms with E-state index < -0.39 is 5.97 Å². The van der Waals surface area contributed by atoms with Gasteiger partial charge in [0, 0.05) is 11.8 Å². The summed E-state index contributed by atoms with van der Waals surface area (Å²) in [5.41, 5.74) is 6.50. The molecule has 94 valence electrons. The second kappa shape index (κ2) is 4.79. The molecule has 2 aromatic rings. The van der Waals surface area contributed by atoms with Gasteiger partial charge in [0.1, 0.15) is 5.75 Å². The standard InChI is InChI=1S/C12H13N3O3/c1-18-10-5-3-2-4-8(10)6-15-7-9(11(16)17)14-12(15)13/h2-5,7H,6H2,1H3,(H2,13,14)(H,16,17). The van der Waals surface area contributed by atoms with Crippen molar-refractivity contribution < 1.29 is 14.6 Å². The Bertz CT molecular complexity index is 578. The number of carbonyl (C=O) groups is 1. The Morgan fingerprint density at radius 2 is 2.22 bits per heavy atom. The Balaban J connectivity index is 2.31. The predicted molar refractivity (Wildman–Crippen MR) is 65.7 cm³/mol. The number of rotatable bonds is 4. The van der Waals surface area contributed by atoms with Crippen molar-refractivity contribution in [2.24, 2.45) is 0 Å². The number of hydrogen-bond donors (Lipinski definition) is 2. The van der Waals surface area contributed by atoms with E-state index >= 15 is 0 Å². The third-order valence-corrected chi connectivity index (χ3v) is 2.56. The van der Waals surface area contributed by atoms with Crippen molar-refractivity contribution in [2.75, 3.05) is 12.8 Å². The molecular weight excluding hydrogens is 234 g/mol. The number of nitrogen functional groups attached to an aromatic ring is 1. The van der Waals surface area contributed by atoms with Gasteiger partial charge >= 0.3 is 5.97 Å². The van der Waals surface area contributed by atoms with Gasteiger partial charge in [-0.05, 0) is 6.07 Å². The fourth-order valence-electron chi connectivity index (χ4n) is 1.68. The van der Waals surface area contributed by atoms with Crippen LogP contribution in [0.5, 0.6) is 5.75 Å². The Hall–Kier alpha value is -2.50. The molecule has 0 saturated carbocycles. The summed E-state index contributed by atoms with van der Waals surface area (Å²) in [5, 5.41) is 8.83. The largest absolute Gasteiger partial charge is 0.496 e. The lowest BCUT2D eigenvalue weighted by molar-refractivity contribution is 0.0691. The van der Waals surface area contributed by atoms with Gasteiger partial charge in [-0.15, -0.1) is 0 Å². The van der Waals surface area contributed by atoms with Gasteiger partial charge < -0.3 is 20.1 Å². The van der Waals surface area contributed by atoms with E-state index in [1.54, 1.807) is 11.7 Å². The molecule has 0 aliphatic heterocycles. The quantitative estimate of drug-likeness (QED) is 0.847. The number of carboxylic acids is 1. The zero-order chi connectivity index (χ0) is 13.1. The predicted octanol–water partition coefficient (Wildman–Crippen LogP) is 1.22. The maximum Gasteiger partial charge on any atom is 0.356 e. The van der Waals surface area contributed by atoms with E-state index in [1.165, 1.54) is 6.20 Å². The number of nitrogens with zero attached hydrogens (tertiary/aromatic N) is 2. The smallest absolute Gasteiger partial charge is 0.356 e. The van der Waals surface area contributed by atoms with Gasteiger partial charge in [0.25, 0.3) is 0 Å². The summed E-state index contributed by atoms with van der Waals surface area (Å²) < 4.78 is 6.79. The number of hydrogen-bond acceptors (Lipinski definition) is 4. The summed E-state index contributed by atoms with van der Waals surface area (Å²) in [6.07, 6.45) is 1.41. The molecule has 2 rings (SSSR count). The van der Waals surface area contributed by atoms with Crippen LogP contribution in [0.15, 0.2) is 30.5 Å². The molecule has 1 aromatic carbocycles. The maximum absolute atomic E-state index is 10.8. The second-order valence-corrected chi connectivity index (χ2v) is 3.73. The van der Waals surface area contributed by atoms with Gasteiger partial charge in [-0.3, -0.25) is 0 Å². The first kappa shape index (κ1) is 12.0. The van der Waals surface area contributed by atoms with Crippen LogP contribution in [0.25, 0.3) is 0 Å². The normalized spacial score (nSPS) is 10.3. The molecule has 0 aliphatic rings. The van der Waals surface area contributed by atoms with E-state index in [0.717, 1.165) is 11.3 Å². The summed E-state index contributed by atoms with van der Waals surface area (Å²) in [7, 11) is 1.58. The van der Waals surface area contributed by atoms with Crippen LogP contribution in [0.1, 0.15) is 16.1 Å². The molecule has 0 atom stereocenters. The third-order valence-electron chi connectivity index (χ3n) is 2.56. The van der Waals surface area contributed by atoms with Crippen molar-refractivity contribution in [2.45, 2.75) is 6.54 Å². The summed E-state index contributed by atoms with van der Waals surface area (Å²) >= 11 is 0. The van der Waals surface area contributed by atoms with Crippen LogP contribution in [-0.2, 0) is 6.54 Å². The Labute approximate surface area is 104 Å². The first-order chi connectivity index (χ1) is 8.61. The van der Waals surface area contributed by atoms with E-state index in [9.17, 15) is 4.79 Å². The SMILES string of the molecule is COc1ccccc1Cn1cc(C(=O)O)nc1N. The molecule has 6 heteroatoms. The minimum atomic E-state index is -1.10. The molecule has 0 saturated heterocycles. The van der Waals surface area contributed by atoms with Crippen molar-refractivity contribution in [1.29, 1.82) is 0 Å². The molecule has 0 spiro atoms. The lowest BCUT2D eigenvalue weighted by Gasteiger charge is -2.09. The molecule has 18 heavy (non-hydrogen) atoms. The molecule has 0 amide bonds. The van der Waals surface area contributed by atoms with E-state index in [4.69, 9.17) is 15.6 Å². The number of aromatic carboxylic acids is 1. The molecule has 6 nitrogen and oxygen atoms in total. The van der Waals surface area contributed by atoms with E-state index in [1.807, 2.05) is 24.3 Å². The fraction of sp³-hybridized carbons (Fsp3) is 0.167. The molecule has 1 aromatic heterocycles. The summed E-state index contributed by atoms with van der Waals surface area (Å²) in [4.78, 5) is 14.5. The lowest BCUT2D eigenvalue weighted by Crippen LogP contribution is -2.04. The highest BCUT2D eigenvalue weighted by atomic mass is 16.5. The number of ether oxygens (including phenoxy) is 1. The van der Waals surface area contributed by atoms with Crippen LogP contribution in [0.4, 0.5) is 5.95 Å². The van der Waals surface area contributed by atoms with Crippen LogP contribution in [0.2, 0.25) is 0 Å². The van der Waals surface area contributed by atoms with Crippen LogP contribution < -0.4 is 10.5 Å². The van der Waals surface area contributed by atoms with Crippen molar-refractivity contribution in [3.05, 3.63) is 41.7 Å². The number of imidazole rings is 1. The first-order valence-electron chi connectivity index (χ1n) is 5.29. The molecule has 0 bridgehead atoms. The molecular formula is C12H13N3O3. The monoisotopic (exact) mass is 247 g/mol. The van der Waals surface area contributed by atoms with Crippen molar-refractivity contribution in [1.82, 2.24) is 9.55 Å². The van der Waals surface area contributed by atoms with Crippen LogP contribution >= 0.6 is 0 Å². The zero-order valence-corrected chi connectivity index (χ0v) is 9.83. The topological polar surface area (TPSA) is 90.4 Å². The van der Waals surface area contributed by atoms with Crippen LogP contribution in [0, 0.1) is 0 Å². The van der Waals surface area contributed by atoms with Gasteiger partial charge in [-0.25, -0.2) is 9.78 Å². The van der Waals surface area contributed by atoms with Crippen molar-refractivity contribution >= 4 is 11.9 Å². The highest BCUT2D eigenvalue weighted by Gasteiger charge is 2.12. The highest BCUT2D eigenvalue weighted by Crippen LogP contribution is 2.19. The first-order valence-corrected chi connectivity index (χ1v) is 5.29. The minimum Gasteiger partial charge on any atom is -0.496 e. The Kier molecular flexibility index (Phi) is 3.18.